The number of ether oxygens (including phenoxy) is 2. The van der Waals surface area contributed by atoms with Gasteiger partial charge in [0.2, 0.25) is 0 Å². The molecule has 3 rings (SSSR count). The van der Waals surface area contributed by atoms with Crippen LogP contribution in [0.3, 0.4) is 0 Å². The molecule has 1 amide bonds. The normalized spacial score (nSPS) is 14.7. The average molecular weight is 440 g/mol. The molecule has 0 spiro atoms. The third-order valence-corrected chi connectivity index (χ3v) is 5.58. The van der Waals surface area contributed by atoms with Gasteiger partial charge in [-0.3, -0.25) is 9.69 Å². The van der Waals surface area contributed by atoms with Crippen molar-refractivity contribution in [1.82, 2.24) is 0 Å². The van der Waals surface area contributed by atoms with Crippen molar-refractivity contribution in [2.75, 3.05) is 37.1 Å². The summed E-state index contributed by atoms with van der Waals surface area (Å²) in [5, 5.41) is 8.72. The van der Waals surface area contributed by atoms with Gasteiger partial charge < -0.3 is 14.4 Å². The van der Waals surface area contributed by atoms with Gasteiger partial charge in [0.1, 0.15) is 6.07 Å². The number of hydrogen-bond acceptors (Lipinski definition) is 7. The first-order valence-electron chi connectivity index (χ1n) is 9.26. The lowest BCUT2D eigenvalue weighted by Gasteiger charge is -2.17. The number of anilines is 2. The molecule has 0 saturated carbocycles. The lowest BCUT2D eigenvalue weighted by atomic mass is 10.1. The lowest BCUT2D eigenvalue weighted by Crippen LogP contribution is -2.27. The van der Waals surface area contributed by atoms with Crippen LogP contribution in [0, 0.1) is 11.3 Å². The third kappa shape index (κ3) is 4.75. The Hall–Kier alpha value is -3.02. The molecule has 30 heavy (non-hydrogen) atoms. The summed E-state index contributed by atoms with van der Waals surface area (Å²) < 4.78 is 11.5. The summed E-state index contributed by atoms with van der Waals surface area (Å²) in [6.07, 6.45) is 1.78. The summed E-state index contributed by atoms with van der Waals surface area (Å²) in [7, 11) is 3.93. The second kappa shape index (κ2) is 9.65. The van der Waals surface area contributed by atoms with Crippen molar-refractivity contribution in [2.24, 2.45) is 0 Å². The van der Waals surface area contributed by atoms with Gasteiger partial charge in [-0.1, -0.05) is 30.0 Å². The van der Waals surface area contributed by atoms with Gasteiger partial charge in [-0.15, -0.1) is 0 Å². The van der Waals surface area contributed by atoms with E-state index in [0.717, 1.165) is 16.9 Å². The van der Waals surface area contributed by atoms with Crippen molar-refractivity contribution >= 4 is 51.7 Å². The Morgan fingerprint density at radius 1 is 1.17 bits per heavy atom. The Morgan fingerprint density at radius 2 is 1.90 bits per heavy atom. The predicted molar refractivity (Wildman–Crippen MR) is 125 cm³/mol. The number of amides is 1. The van der Waals surface area contributed by atoms with E-state index in [1.807, 2.05) is 62.3 Å². The number of thioether (sulfide) groups is 1. The number of hydrogen-bond donors (Lipinski definition) is 0. The topological polar surface area (TPSA) is 65.8 Å². The van der Waals surface area contributed by atoms with E-state index in [0.29, 0.717) is 27.3 Å². The van der Waals surface area contributed by atoms with E-state index >= 15 is 0 Å². The van der Waals surface area contributed by atoms with Crippen LogP contribution < -0.4 is 19.3 Å². The minimum absolute atomic E-state index is 0.0648. The van der Waals surface area contributed by atoms with Crippen molar-refractivity contribution in [1.29, 1.82) is 5.26 Å². The molecule has 0 unspecified atom stereocenters. The minimum atomic E-state index is -0.162. The number of thiocarbonyl (C=S) groups is 1. The van der Waals surface area contributed by atoms with Gasteiger partial charge in [-0.2, -0.15) is 5.26 Å². The maximum atomic E-state index is 13.0. The molecule has 154 valence electrons. The second-order valence-corrected chi connectivity index (χ2v) is 8.19. The third-order valence-electron chi connectivity index (χ3n) is 4.28. The van der Waals surface area contributed by atoms with Crippen LogP contribution >= 0.6 is 24.0 Å². The van der Waals surface area contributed by atoms with Crippen LogP contribution in [-0.4, -0.2) is 37.5 Å². The van der Waals surface area contributed by atoms with Crippen LogP contribution in [0.5, 0.6) is 11.5 Å². The maximum absolute atomic E-state index is 13.0. The average Bonchev–Trinajstić information content (AvgIpc) is 3.00. The van der Waals surface area contributed by atoms with Gasteiger partial charge >= 0.3 is 0 Å². The molecule has 1 fully saturated rings. The summed E-state index contributed by atoms with van der Waals surface area (Å²) in [5.74, 6) is 0.853. The van der Waals surface area contributed by atoms with Gasteiger partial charge in [-0.05, 0) is 55.0 Å². The molecule has 0 aromatic heterocycles. The minimum Gasteiger partial charge on any atom is -0.490 e. The molecule has 1 aliphatic heterocycles. The largest absolute Gasteiger partial charge is 0.490 e. The first-order chi connectivity index (χ1) is 14.4. The van der Waals surface area contributed by atoms with E-state index in [1.54, 1.807) is 23.1 Å². The zero-order valence-electron chi connectivity index (χ0n) is 16.9. The smallest absolute Gasteiger partial charge is 0.270 e. The van der Waals surface area contributed by atoms with Crippen LogP contribution in [0.25, 0.3) is 6.08 Å². The Kier molecular flexibility index (Phi) is 6.98. The quantitative estimate of drug-likeness (QED) is 0.466. The number of nitriles is 1. The molecule has 2 aromatic rings. The van der Waals surface area contributed by atoms with E-state index in [-0.39, 0.29) is 12.5 Å². The standard InChI is InChI=1S/C22H21N3O3S2/c1-4-27-19-13-15(5-10-18(19)28-12-11-23)14-20-21(26)25(22(29)30-20)17-8-6-16(7-9-17)24(2)3/h5-10,13-14H,4,12H2,1-3H3. The summed E-state index contributed by atoms with van der Waals surface area (Å²) in [4.78, 5) is 17.1. The fourth-order valence-corrected chi connectivity index (χ4v) is 4.15. The van der Waals surface area contributed by atoms with Crippen LogP contribution in [0.1, 0.15) is 12.5 Å². The van der Waals surface area contributed by atoms with Crippen molar-refractivity contribution < 1.29 is 14.3 Å². The number of carbonyl (C=O) groups excluding carboxylic acids is 1. The lowest BCUT2D eigenvalue weighted by molar-refractivity contribution is -0.113. The highest BCUT2D eigenvalue weighted by molar-refractivity contribution is 8.27. The molecule has 2 aromatic carbocycles. The van der Waals surface area contributed by atoms with Gasteiger partial charge in [-0.25, -0.2) is 0 Å². The van der Waals surface area contributed by atoms with Crippen LogP contribution in [-0.2, 0) is 4.79 Å². The second-order valence-electron chi connectivity index (χ2n) is 6.51. The highest BCUT2D eigenvalue weighted by Gasteiger charge is 2.33. The fraction of sp³-hybridized carbons (Fsp3) is 0.227. The molecule has 0 radical (unpaired) electrons. The summed E-state index contributed by atoms with van der Waals surface area (Å²) in [6, 6.07) is 14.9. The number of nitrogens with zero attached hydrogens (tertiary/aromatic N) is 3. The zero-order valence-corrected chi connectivity index (χ0v) is 18.5. The van der Waals surface area contributed by atoms with Gasteiger partial charge in [0, 0.05) is 19.8 Å². The van der Waals surface area contributed by atoms with Crippen LogP contribution in [0.15, 0.2) is 47.4 Å². The Balaban J connectivity index is 1.86. The number of rotatable bonds is 7. The summed E-state index contributed by atoms with van der Waals surface area (Å²) in [6.45, 7) is 2.26. The van der Waals surface area contributed by atoms with Crippen molar-refractivity contribution in [3.8, 4) is 17.6 Å². The molecular formula is C22H21N3O3S2. The maximum Gasteiger partial charge on any atom is 0.270 e. The van der Waals surface area contributed by atoms with Gasteiger partial charge in [0.05, 0.1) is 17.2 Å². The molecular weight excluding hydrogens is 418 g/mol. The highest BCUT2D eigenvalue weighted by Crippen LogP contribution is 2.37. The van der Waals surface area contributed by atoms with Crippen LogP contribution in [0.2, 0.25) is 0 Å². The van der Waals surface area contributed by atoms with E-state index in [4.69, 9.17) is 27.0 Å². The number of carbonyl (C=O) groups is 1. The van der Waals surface area contributed by atoms with E-state index in [2.05, 4.69) is 0 Å². The Morgan fingerprint density at radius 3 is 2.53 bits per heavy atom. The predicted octanol–water partition coefficient (Wildman–Crippen LogP) is 4.46. The molecule has 0 N–H and O–H groups in total. The monoisotopic (exact) mass is 439 g/mol. The van der Waals surface area contributed by atoms with Gasteiger partial charge in [0.25, 0.3) is 5.91 Å². The van der Waals surface area contributed by atoms with Gasteiger partial charge in [0.15, 0.2) is 22.4 Å². The first-order valence-corrected chi connectivity index (χ1v) is 10.5. The molecule has 0 bridgehead atoms. The SMILES string of the molecule is CCOc1cc(C=C2SC(=S)N(c3ccc(N(C)C)cc3)C2=O)ccc1OCC#N. The van der Waals surface area contributed by atoms with Crippen LogP contribution in [0.4, 0.5) is 11.4 Å². The summed E-state index contributed by atoms with van der Waals surface area (Å²) >= 11 is 6.72. The molecule has 1 heterocycles. The molecule has 1 aliphatic rings. The molecule has 0 aliphatic carbocycles. The summed E-state index contributed by atoms with van der Waals surface area (Å²) in [5.41, 5.74) is 2.56. The van der Waals surface area contributed by atoms with E-state index in [1.165, 1.54) is 11.8 Å². The van der Waals surface area contributed by atoms with E-state index < -0.39 is 0 Å². The Bertz CT molecular complexity index is 1030. The van der Waals surface area contributed by atoms with Crippen molar-refractivity contribution in [2.45, 2.75) is 6.92 Å². The Labute approximate surface area is 185 Å². The van der Waals surface area contributed by atoms with Crippen molar-refractivity contribution in [3.05, 3.63) is 52.9 Å². The zero-order chi connectivity index (χ0) is 21.7. The molecule has 1 saturated heterocycles. The highest BCUT2D eigenvalue weighted by atomic mass is 32.2. The molecule has 6 nitrogen and oxygen atoms in total. The number of benzene rings is 2. The fourth-order valence-electron chi connectivity index (χ4n) is 2.85. The first kappa shape index (κ1) is 21.7. The molecule has 0 atom stereocenters. The molecule has 8 heteroatoms. The van der Waals surface area contributed by atoms with Crippen molar-refractivity contribution in [3.63, 3.8) is 0 Å². The van der Waals surface area contributed by atoms with E-state index in [9.17, 15) is 4.79 Å².